The van der Waals surface area contributed by atoms with Crippen molar-refractivity contribution in [3.63, 3.8) is 0 Å². The van der Waals surface area contributed by atoms with Crippen molar-refractivity contribution in [2.24, 2.45) is 5.92 Å². The van der Waals surface area contributed by atoms with Crippen LogP contribution in [0.1, 0.15) is 59.3 Å². The molecule has 1 fully saturated rings. The van der Waals surface area contributed by atoms with Gasteiger partial charge in [-0.1, -0.05) is 33.1 Å². The summed E-state index contributed by atoms with van der Waals surface area (Å²) >= 11 is 0. The van der Waals surface area contributed by atoms with Gasteiger partial charge in [-0.05, 0) is 32.1 Å². The number of esters is 1. The number of rotatable bonds is 7. The van der Waals surface area contributed by atoms with Crippen molar-refractivity contribution in [3.05, 3.63) is 0 Å². The molecule has 0 aliphatic heterocycles. The van der Waals surface area contributed by atoms with Gasteiger partial charge in [-0.3, -0.25) is 10.1 Å². The Balaban J connectivity index is 2.71. The van der Waals surface area contributed by atoms with Crippen molar-refractivity contribution in [2.45, 2.75) is 70.9 Å². The Labute approximate surface area is 116 Å². The van der Waals surface area contributed by atoms with Crippen LogP contribution in [0, 0.1) is 5.92 Å². The summed E-state index contributed by atoms with van der Waals surface area (Å²) in [5.41, 5.74) is -0.301. The van der Waals surface area contributed by atoms with E-state index in [4.69, 9.17) is 4.74 Å². The lowest BCUT2D eigenvalue weighted by atomic mass is 9.76. The molecule has 0 aromatic carbocycles. The number of nitrogens with one attached hydrogen (secondary N) is 1. The van der Waals surface area contributed by atoms with Gasteiger partial charge in [0.2, 0.25) is 0 Å². The van der Waals surface area contributed by atoms with Gasteiger partial charge in [0.05, 0.1) is 13.2 Å². The van der Waals surface area contributed by atoms with Crippen LogP contribution < -0.4 is 5.32 Å². The number of carbonyl (C=O) groups is 1. The number of carbonyl (C=O) groups excluding carboxylic acids is 1. The molecule has 112 valence electrons. The van der Waals surface area contributed by atoms with E-state index in [0.717, 1.165) is 32.1 Å². The molecule has 0 aromatic rings. The van der Waals surface area contributed by atoms with Gasteiger partial charge in [-0.25, -0.2) is 0 Å². The van der Waals surface area contributed by atoms with E-state index in [1.54, 1.807) is 0 Å². The third kappa shape index (κ3) is 4.77. The summed E-state index contributed by atoms with van der Waals surface area (Å²) in [5, 5.41) is 13.2. The third-order valence-electron chi connectivity index (χ3n) is 4.02. The fraction of sp³-hybridized carbons (Fsp3) is 0.933. The number of hydrogen-bond acceptors (Lipinski definition) is 4. The molecule has 0 spiro atoms. The van der Waals surface area contributed by atoms with E-state index in [1.807, 2.05) is 6.92 Å². The Morgan fingerprint density at radius 1 is 1.53 bits per heavy atom. The fourth-order valence-corrected chi connectivity index (χ4v) is 3.13. The topological polar surface area (TPSA) is 58.6 Å². The summed E-state index contributed by atoms with van der Waals surface area (Å²) in [4.78, 5) is 12.0. The maximum absolute atomic E-state index is 12.0. The molecule has 0 aromatic heterocycles. The molecule has 1 rings (SSSR count). The molecule has 1 saturated carbocycles. The third-order valence-corrected chi connectivity index (χ3v) is 4.02. The molecule has 19 heavy (non-hydrogen) atoms. The van der Waals surface area contributed by atoms with Crippen LogP contribution >= 0.6 is 0 Å². The SMILES string of the molecule is CCCC(NC1(CO)CCCC(C)C1)C(=O)OCC. The van der Waals surface area contributed by atoms with Crippen LogP contribution in [-0.4, -0.2) is 35.9 Å². The van der Waals surface area contributed by atoms with Gasteiger partial charge in [-0.2, -0.15) is 0 Å². The monoisotopic (exact) mass is 271 g/mol. The zero-order valence-corrected chi connectivity index (χ0v) is 12.6. The Morgan fingerprint density at radius 3 is 2.79 bits per heavy atom. The zero-order valence-electron chi connectivity index (χ0n) is 12.6. The molecular weight excluding hydrogens is 242 g/mol. The van der Waals surface area contributed by atoms with Crippen molar-refractivity contribution in [1.82, 2.24) is 5.32 Å². The minimum Gasteiger partial charge on any atom is -0.465 e. The number of hydrogen-bond donors (Lipinski definition) is 2. The van der Waals surface area contributed by atoms with Crippen LogP contribution in [-0.2, 0) is 9.53 Å². The molecule has 3 unspecified atom stereocenters. The summed E-state index contributed by atoms with van der Waals surface area (Å²) in [5.74, 6) is 0.410. The van der Waals surface area contributed by atoms with E-state index in [9.17, 15) is 9.90 Å². The molecule has 0 saturated heterocycles. The standard InChI is InChI=1S/C15H29NO3/c1-4-7-13(14(18)19-5-2)16-15(11-17)9-6-8-12(3)10-15/h12-13,16-17H,4-11H2,1-3H3. The molecule has 1 aliphatic carbocycles. The van der Waals surface area contributed by atoms with Gasteiger partial charge < -0.3 is 9.84 Å². The molecule has 0 heterocycles. The second kappa shape index (κ2) is 7.85. The van der Waals surface area contributed by atoms with E-state index in [1.165, 1.54) is 6.42 Å². The highest BCUT2D eigenvalue weighted by atomic mass is 16.5. The van der Waals surface area contributed by atoms with Gasteiger partial charge in [0.15, 0.2) is 0 Å². The predicted octanol–water partition coefficient (Wildman–Crippen LogP) is 2.25. The Hall–Kier alpha value is -0.610. The predicted molar refractivity (Wildman–Crippen MR) is 75.9 cm³/mol. The molecule has 0 bridgehead atoms. The molecule has 4 heteroatoms. The minimum absolute atomic E-state index is 0.0942. The van der Waals surface area contributed by atoms with Gasteiger partial charge in [0.25, 0.3) is 0 Å². The van der Waals surface area contributed by atoms with E-state index < -0.39 is 0 Å². The van der Waals surface area contributed by atoms with E-state index >= 15 is 0 Å². The summed E-state index contributed by atoms with van der Waals surface area (Å²) in [7, 11) is 0. The number of aliphatic hydroxyl groups excluding tert-OH is 1. The summed E-state index contributed by atoms with van der Waals surface area (Å²) in [6.07, 6.45) is 5.87. The molecule has 2 N–H and O–H groups in total. The highest BCUT2D eigenvalue weighted by Crippen LogP contribution is 2.32. The van der Waals surface area contributed by atoms with Crippen LogP contribution in [0.4, 0.5) is 0 Å². The smallest absolute Gasteiger partial charge is 0.323 e. The van der Waals surface area contributed by atoms with E-state index in [-0.39, 0.29) is 24.2 Å². The average Bonchev–Trinajstić information content (AvgIpc) is 2.38. The lowest BCUT2D eigenvalue weighted by molar-refractivity contribution is -0.147. The first-order valence-electron chi connectivity index (χ1n) is 7.62. The van der Waals surface area contributed by atoms with Crippen molar-refractivity contribution in [3.8, 4) is 0 Å². The molecule has 0 amide bonds. The van der Waals surface area contributed by atoms with Gasteiger partial charge >= 0.3 is 5.97 Å². The van der Waals surface area contributed by atoms with Crippen LogP contribution in [0.3, 0.4) is 0 Å². The van der Waals surface area contributed by atoms with Crippen molar-refractivity contribution in [2.75, 3.05) is 13.2 Å². The van der Waals surface area contributed by atoms with Crippen molar-refractivity contribution >= 4 is 5.97 Å². The lowest BCUT2D eigenvalue weighted by Crippen LogP contribution is -2.57. The first-order chi connectivity index (χ1) is 9.06. The second-order valence-electron chi connectivity index (χ2n) is 5.88. The first kappa shape index (κ1) is 16.4. The van der Waals surface area contributed by atoms with Gasteiger partial charge in [0.1, 0.15) is 6.04 Å². The van der Waals surface area contributed by atoms with E-state index in [0.29, 0.717) is 12.5 Å². The van der Waals surface area contributed by atoms with Crippen LogP contribution in [0.15, 0.2) is 0 Å². The number of aliphatic hydroxyl groups is 1. The lowest BCUT2D eigenvalue weighted by Gasteiger charge is -2.41. The second-order valence-corrected chi connectivity index (χ2v) is 5.88. The van der Waals surface area contributed by atoms with Gasteiger partial charge in [-0.15, -0.1) is 0 Å². The van der Waals surface area contributed by atoms with Crippen molar-refractivity contribution in [1.29, 1.82) is 0 Å². The van der Waals surface area contributed by atoms with Crippen molar-refractivity contribution < 1.29 is 14.6 Å². The van der Waals surface area contributed by atoms with Crippen LogP contribution in [0.5, 0.6) is 0 Å². The highest BCUT2D eigenvalue weighted by molar-refractivity contribution is 5.75. The van der Waals surface area contributed by atoms with Gasteiger partial charge in [0, 0.05) is 5.54 Å². The van der Waals surface area contributed by atoms with Crippen LogP contribution in [0.2, 0.25) is 0 Å². The molecule has 4 nitrogen and oxygen atoms in total. The summed E-state index contributed by atoms with van der Waals surface area (Å²) < 4.78 is 5.13. The quantitative estimate of drug-likeness (QED) is 0.697. The largest absolute Gasteiger partial charge is 0.465 e. The Bertz CT molecular complexity index is 283. The maximum atomic E-state index is 12.0. The maximum Gasteiger partial charge on any atom is 0.323 e. The molecule has 3 atom stereocenters. The molecule has 0 radical (unpaired) electrons. The fourth-order valence-electron chi connectivity index (χ4n) is 3.13. The molecule has 1 aliphatic rings. The van der Waals surface area contributed by atoms with Crippen LogP contribution in [0.25, 0.3) is 0 Å². The summed E-state index contributed by atoms with van der Waals surface area (Å²) in [6.45, 7) is 6.60. The normalized spacial score (nSPS) is 28.9. The number of ether oxygens (including phenoxy) is 1. The summed E-state index contributed by atoms with van der Waals surface area (Å²) in [6, 6.07) is -0.289. The zero-order chi connectivity index (χ0) is 14.3. The average molecular weight is 271 g/mol. The first-order valence-corrected chi connectivity index (χ1v) is 7.62. The highest BCUT2D eigenvalue weighted by Gasteiger charge is 2.37. The minimum atomic E-state index is -0.301. The van der Waals surface area contributed by atoms with E-state index in [2.05, 4.69) is 19.2 Å². The Morgan fingerprint density at radius 2 is 2.26 bits per heavy atom. The molecular formula is C15H29NO3. The Kier molecular flexibility index (Phi) is 6.80.